The Balaban J connectivity index is 1.57. The van der Waals surface area contributed by atoms with E-state index in [0.717, 1.165) is 70.2 Å². The van der Waals surface area contributed by atoms with Crippen LogP contribution in [0.5, 0.6) is 17.2 Å². The molecule has 6 nitrogen and oxygen atoms in total. The van der Waals surface area contributed by atoms with Crippen molar-refractivity contribution in [3.63, 3.8) is 0 Å². The van der Waals surface area contributed by atoms with Gasteiger partial charge >= 0.3 is 0 Å². The van der Waals surface area contributed by atoms with E-state index in [-0.39, 0.29) is 0 Å². The van der Waals surface area contributed by atoms with Crippen molar-refractivity contribution in [2.45, 2.75) is 26.7 Å². The fraction of sp³-hybridized carbons (Fsp3) is 0.345. The number of hydrogen-bond acceptors (Lipinski definition) is 5. The van der Waals surface area contributed by atoms with Crippen molar-refractivity contribution in [1.82, 2.24) is 14.9 Å². The molecule has 0 saturated heterocycles. The largest absolute Gasteiger partial charge is 0.496 e. The highest BCUT2D eigenvalue weighted by atomic mass is 16.5. The number of pyridine rings is 1. The highest BCUT2D eigenvalue weighted by Gasteiger charge is 2.14. The molecule has 4 aromatic rings. The van der Waals surface area contributed by atoms with E-state index in [1.54, 1.807) is 14.2 Å². The van der Waals surface area contributed by atoms with Crippen LogP contribution < -0.4 is 14.2 Å². The minimum Gasteiger partial charge on any atom is -0.496 e. The van der Waals surface area contributed by atoms with Gasteiger partial charge in [0, 0.05) is 41.0 Å². The molecule has 0 bridgehead atoms. The number of aromatic nitrogens is 2. The third-order valence-corrected chi connectivity index (χ3v) is 6.37. The molecule has 6 heteroatoms. The first-order chi connectivity index (χ1) is 17.2. The number of benzene rings is 2. The molecule has 184 valence electrons. The Morgan fingerprint density at radius 1 is 0.857 bits per heavy atom. The van der Waals surface area contributed by atoms with Crippen molar-refractivity contribution in [3.8, 4) is 39.5 Å². The van der Waals surface area contributed by atoms with Crippen LogP contribution in [-0.2, 0) is 0 Å². The molecule has 2 aromatic heterocycles. The molecule has 0 unspecified atom stereocenters. The number of para-hydroxylation sites is 1. The summed E-state index contributed by atoms with van der Waals surface area (Å²) in [4.78, 5) is 10.4. The van der Waals surface area contributed by atoms with Crippen LogP contribution in [0, 0.1) is 0 Å². The van der Waals surface area contributed by atoms with E-state index in [9.17, 15) is 0 Å². The highest BCUT2D eigenvalue weighted by Crippen LogP contribution is 2.37. The van der Waals surface area contributed by atoms with E-state index in [4.69, 9.17) is 14.2 Å². The maximum Gasteiger partial charge on any atom is 0.161 e. The van der Waals surface area contributed by atoms with Crippen molar-refractivity contribution >= 4 is 11.0 Å². The van der Waals surface area contributed by atoms with Gasteiger partial charge in [0.15, 0.2) is 11.5 Å². The molecule has 2 aromatic carbocycles. The van der Waals surface area contributed by atoms with Crippen LogP contribution in [0.25, 0.3) is 33.3 Å². The number of nitrogens with zero attached hydrogens (tertiary/aromatic N) is 2. The zero-order chi connectivity index (χ0) is 24.6. The van der Waals surface area contributed by atoms with Gasteiger partial charge in [-0.05, 0) is 49.3 Å². The topological polar surface area (TPSA) is 59.6 Å². The quantitative estimate of drug-likeness (QED) is 0.257. The Bertz CT molecular complexity index is 1250. The number of aromatic amines is 1. The second kappa shape index (κ2) is 11.8. The zero-order valence-electron chi connectivity index (χ0n) is 21.1. The molecule has 0 aliphatic carbocycles. The second-order valence-corrected chi connectivity index (χ2v) is 8.52. The highest BCUT2D eigenvalue weighted by molar-refractivity contribution is 5.97. The lowest BCUT2D eigenvalue weighted by molar-refractivity contribution is 0.209. The predicted molar refractivity (Wildman–Crippen MR) is 143 cm³/mol. The van der Waals surface area contributed by atoms with E-state index < -0.39 is 0 Å². The SMILES string of the molecule is CCCCN(CC)CCOc1ccc(-c2cnc3[nH]cc(-c4ccccc4OC)c3c2)cc1OC. The van der Waals surface area contributed by atoms with Gasteiger partial charge in [-0.1, -0.05) is 44.5 Å². The molecule has 1 N–H and O–H groups in total. The van der Waals surface area contributed by atoms with Gasteiger partial charge < -0.3 is 24.1 Å². The number of likely N-dealkylation sites (N-methyl/N-ethyl adjacent to an activating group) is 1. The van der Waals surface area contributed by atoms with Gasteiger partial charge in [0.25, 0.3) is 0 Å². The summed E-state index contributed by atoms with van der Waals surface area (Å²) in [6, 6.07) is 16.2. The van der Waals surface area contributed by atoms with E-state index in [0.29, 0.717) is 6.61 Å². The summed E-state index contributed by atoms with van der Waals surface area (Å²) >= 11 is 0. The summed E-state index contributed by atoms with van der Waals surface area (Å²) in [5.41, 5.74) is 4.96. The predicted octanol–water partition coefficient (Wildman–Crippen LogP) is 6.41. The first-order valence-electron chi connectivity index (χ1n) is 12.3. The van der Waals surface area contributed by atoms with Gasteiger partial charge in [-0.2, -0.15) is 0 Å². The van der Waals surface area contributed by atoms with Crippen LogP contribution in [0.3, 0.4) is 0 Å². The molecule has 0 atom stereocenters. The Labute approximate surface area is 207 Å². The van der Waals surface area contributed by atoms with Crippen LogP contribution in [0.1, 0.15) is 26.7 Å². The van der Waals surface area contributed by atoms with Gasteiger partial charge in [-0.25, -0.2) is 4.98 Å². The molecular formula is C29H35N3O3. The molecule has 4 rings (SSSR count). The second-order valence-electron chi connectivity index (χ2n) is 8.52. The average Bonchev–Trinajstić information content (AvgIpc) is 3.33. The number of ether oxygens (including phenoxy) is 3. The van der Waals surface area contributed by atoms with Crippen LogP contribution in [0.2, 0.25) is 0 Å². The Morgan fingerprint density at radius 2 is 1.69 bits per heavy atom. The summed E-state index contributed by atoms with van der Waals surface area (Å²) in [7, 11) is 3.37. The minimum absolute atomic E-state index is 0.631. The first-order valence-corrected chi connectivity index (χ1v) is 12.3. The summed E-state index contributed by atoms with van der Waals surface area (Å²) in [5.74, 6) is 2.31. The van der Waals surface area contributed by atoms with Crippen molar-refractivity contribution < 1.29 is 14.2 Å². The average molecular weight is 474 g/mol. The van der Waals surface area contributed by atoms with E-state index in [1.165, 1.54) is 12.8 Å². The number of hydrogen-bond donors (Lipinski definition) is 1. The van der Waals surface area contributed by atoms with Gasteiger partial charge in [0.2, 0.25) is 0 Å². The summed E-state index contributed by atoms with van der Waals surface area (Å²) in [6.45, 7) is 8.09. The van der Waals surface area contributed by atoms with E-state index in [1.807, 2.05) is 42.7 Å². The van der Waals surface area contributed by atoms with E-state index in [2.05, 4.69) is 46.9 Å². The summed E-state index contributed by atoms with van der Waals surface area (Å²) in [5, 5.41) is 1.04. The molecule has 35 heavy (non-hydrogen) atoms. The third kappa shape index (κ3) is 5.60. The molecule has 0 amide bonds. The number of nitrogens with one attached hydrogen (secondary N) is 1. The molecule has 0 fully saturated rings. The lowest BCUT2D eigenvalue weighted by atomic mass is 10.0. The Morgan fingerprint density at radius 3 is 2.46 bits per heavy atom. The third-order valence-electron chi connectivity index (χ3n) is 6.37. The first kappa shape index (κ1) is 24.6. The number of H-pyrrole nitrogens is 1. The van der Waals surface area contributed by atoms with Crippen LogP contribution in [0.4, 0.5) is 0 Å². The Hall–Kier alpha value is -3.51. The summed E-state index contributed by atoms with van der Waals surface area (Å²) < 4.78 is 17.3. The zero-order valence-corrected chi connectivity index (χ0v) is 21.1. The molecular weight excluding hydrogens is 438 g/mol. The molecule has 0 spiro atoms. The molecule has 0 radical (unpaired) electrons. The maximum absolute atomic E-state index is 6.09. The van der Waals surface area contributed by atoms with Crippen LogP contribution in [-0.4, -0.2) is 55.3 Å². The van der Waals surface area contributed by atoms with Crippen molar-refractivity contribution in [1.29, 1.82) is 0 Å². The van der Waals surface area contributed by atoms with Crippen LogP contribution in [0.15, 0.2) is 60.9 Å². The lowest BCUT2D eigenvalue weighted by Crippen LogP contribution is -2.29. The summed E-state index contributed by atoms with van der Waals surface area (Å²) in [6.07, 6.45) is 6.28. The lowest BCUT2D eigenvalue weighted by Gasteiger charge is -2.20. The van der Waals surface area contributed by atoms with Gasteiger partial charge in [0.1, 0.15) is 18.0 Å². The normalized spacial score (nSPS) is 11.2. The van der Waals surface area contributed by atoms with Gasteiger partial charge in [0.05, 0.1) is 14.2 Å². The Kier molecular flexibility index (Phi) is 8.27. The number of rotatable bonds is 12. The number of methoxy groups -OCH3 is 2. The van der Waals surface area contributed by atoms with Crippen molar-refractivity contribution in [2.75, 3.05) is 40.5 Å². The minimum atomic E-state index is 0.631. The fourth-order valence-electron chi connectivity index (χ4n) is 4.31. The standard InChI is InChI=1S/C29H35N3O3/c1-5-7-14-32(6-2)15-16-35-27-13-12-21(18-28(27)34-4)22-17-24-25(20-31-29(24)30-19-22)23-10-8-9-11-26(23)33-3/h8-13,17-20H,5-7,14-16H2,1-4H3,(H,30,31). The van der Waals surface area contributed by atoms with Crippen LogP contribution >= 0.6 is 0 Å². The number of unbranched alkanes of at least 4 members (excludes halogenated alkanes) is 1. The molecule has 0 aliphatic heterocycles. The van der Waals surface area contributed by atoms with Crippen molar-refractivity contribution in [2.24, 2.45) is 0 Å². The maximum atomic E-state index is 6.09. The number of fused-ring (bicyclic) bond motifs is 1. The fourth-order valence-corrected chi connectivity index (χ4v) is 4.31. The molecule has 0 saturated carbocycles. The van der Waals surface area contributed by atoms with E-state index >= 15 is 0 Å². The van der Waals surface area contributed by atoms with Gasteiger partial charge in [-0.15, -0.1) is 0 Å². The van der Waals surface area contributed by atoms with Gasteiger partial charge in [-0.3, -0.25) is 0 Å². The monoisotopic (exact) mass is 473 g/mol. The molecule has 2 heterocycles. The van der Waals surface area contributed by atoms with Crippen molar-refractivity contribution in [3.05, 3.63) is 60.9 Å². The smallest absolute Gasteiger partial charge is 0.161 e. The molecule has 0 aliphatic rings.